The third-order valence-corrected chi connectivity index (χ3v) is 9.96. The Balaban J connectivity index is 4.32. The lowest BCUT2D eigenvalue weighted by Crippen LogP contribution is -2.34. The van der Waals surface area contributed by atoms with Crippen LogP contribution in [-0.4, -0.2) is 59.9 Å². The van der Waals surface area contributed by atoms with E-state index in [0.29, 0.717) is 12.8 Å². The molecule has 0 amide bonds. The van der Waals surface area contributed by atoms with E-state index in [9.17, 15) is 23.8 Å². The van der Waals surface area contributed by atoms with Crippen molar-refractivity contribution in [3.8, 4) is 0 Å². The van der Waals surface area contributed by atoms with Crippen LogP contribution in [-0.2, 0) is 37.5 Å². The van der Waals surface area contributed by atoms with Crippen molar-refractivity contribution in [2.24, 2.45) is 5.73 Å². The Morgan fingerprint density at radius 2 is 0.981 bits per heavy atom. The van der Waals surface area contributed by atoms with Gasteiger partial charge in [-0.3, -0.25) is 23.4 Å². The molecule has 0 spiro atoms. The minimum atomic E-state index is -4.71. The van der Waals surface area contributed by atoms with Gasteiger partial charge in [0.2, 0.25) is 0 Å². The summed E-state index contributed by atoms with van der Waals surface area (Å²) in [6.07, 6.45) is 34.3. The van der Waals surface area contributed by atoms with Gasteiger partial charge in [-0.05, 0) is 32.1 Å². The van der Waals surface area contributed by atoms with E-state index < -0.39 is 51.1 Å². The molecule has 0 aliphatic rings. The van der Waals surface area contributed by atoms with Crippen LogP contribution in [0.5, 0.6) is 0 Å². The second-order valence-electron chi connectivity index (χ2n) is 14.1. The molecule has 0 radical (unpaired) electrons. The fourth-order valence-electron chi connectivity index (χ4n) is 5.69. The number of esters is 2. The summed E-state index contributed by atoms with van der Waals surface area (Å²) in [6, 6.07) is -1.52. The summed E-state index contributed by atoms with van der Waals surface area (Å²) >= 11 is 0. The SMILES string of the molecule is CCCC/C=C\CCCCCCCC(=O)OC(COC(=O)CCCCCCCCCCCCCCCCCCC)COP(=O)(O)OCC(N)C(=O)O. The highest BCUT2D eigenvalue weighted by atomic mass is 31.2. The van der Waals surface area contributed by atoms with Crippen LogP contribution < -0.4 is 5.73 Å². The van der Waals surface area contributed by atoms with Gasteiger partial charge in [0.05, 0.1) is 13.2 Å². The lowest BCUT2D eigenvalue weighted by atomic mass is 10.0. The Hall–Kier alpha value is -1.78. The molecule has 0 aromatic heterocycles. The van der Waals surface area contributed by atoms with Gasteiger partial charge in [0, 0.05) is 12.8 Å². The summed E-state index contributed by atoms with van der Waals surface area (Å²) < 4.78 is 32.6. The highest BCUT2D eigenvalue weighted by Crippen LogP contribution is 2.43. The molecule has 0 saturated heterocycles. The molecule has 0 rings (SSSR count). The predicted molar refractivity (Wildman–Crippen MR) is 208 cm³/mol. The first-order chi connectivity index (χ1) is 25.1. The Kier molecular flexibility index (Phi) is 35.0. The number of hydrogen-bond donors (Lipinski definition) is 3. The number of carboxylic acids is 1. The van der Waals surface area contributed by atoms with Crippen molar-refractivity contribution in [1.82, 2.24) is 0 Å². The molecular formula is C40H76NO10P. The van der Waals surface area contributed by atoms with E-state index in [4.69, 9.17) is 24.8 Å². The van der Waals surface area contributed by atoms with Crippen LogP contribution in [0.15, 0.2) is 12.2 Å². The largest absolute Gasteiger partial charge is 0.480 e. The molecule has 0 aromatic rings. The Morgan fingerprint density at radius 3 is 1.46 bits per heavy atom. The molecule has 0 bridgehead atoms. The second kappa shape index (κ2) is 36.2. The Labute approximate surface area is 316 Å². The zero-order chi connectivity index (χ0) is 38.5. The molecule has 11 nitrogen and oxygen atoms in total. The van der Waals surface area contributed by atoms with Crippen LogP contribution in [0.3, 0.4) is 0 Å². The van der Waals surface area contributed by atoms with Crippen molar-refractivity contribution in [2.75, 3.05) is 19.8 Å². The molecule has 52 heavy (non-hydrogen) atoms. The van der Waals surface area contributed by atoms with Gasteiger partial charge >= 0.3 is 25.7 Å². The van der Waals surface area contributed by atoms with Gasteiger partial charge in [0.25, 0.3) is 0 Å². The zero-order valence-electron chi connectivity index (χ0n) is 32.9. The summed E-state index contributed by atoms with van der Waals surface area (Å²) in [5, 5.41) is 8.86. The van der Waals surface area contributed by atoms with Gasteiger partial charge in [-0.1, -0.05) is 161 Å². The van der Waals surface area contributed by atoms with E-state index in [-0.39, 0.29) is 19.4 Å². The first-order valence-electron chi connectivity index (χ1n) is 20.7. The standard InChI is InChI=1S/C40H76NO10P/c1-3-5-7-9-11-13-15-16-17-18-19-20-22-23-25-27-29-31-38(42)48-33-36(34-49-52(46,47)50-35-37(41)40(44)45)51-39(43)32-30-28-26-24-21-14-12-10-8-6-4-2/h10,12,36-37H,3-9,11,13-35,41H2,1-2H3,(H,44,45)(H,46,47)/b12-10-. The van der Waals surface area contributed by atoms with E-state index in [1.54, 1.807) is 0 Å². The number of carboxylic acid groups (broad SMARTS) is 1. The van der Waals surface area contributed by atoms with E-state index in [0.717, 1.165) is 57.8 Å². The van der Waals surface area contributed by atoms with Crippen LogP contribution in [0.4, 0.5) is 0 Å². The molecule has 0 aliphatic heterocycles. The number of unbranched alkanes of at least 4 members (excludes halogenated alkanes) is 23. The third kappa shape index (κ3) is 35.3. The van der Waals surface area contributed by atoms with Gasteiger partial charge in [0.1, 0.15) is 12.6 Å². The van der Waals surface area contributed by atoms with Crippen molar-refractivity contribution < 1.29 is 47.5 Å². The third-order valence-electron chi connectivity index (χ3n) is 9.01. The molecular weight excluding hydrogens is 685 g/mol. The number of nitrogens with two attached hydrogens (primary N) is 1. The maximum absolute atomic E-state index is 12.5. The lowest BCUT2D eigenvalue weighted by molar-refractivity contribution is -0.161. The summed E-state index contributed by atoms with van der Waals surface area (Å²) in [5.74, 6) is -2.38. The smallest absolute Gasteiger partial charge is 0.472 e. The van der Waals surface area contributed by atoms with Crippen LogP contribution in [0.2, 0.25) is 0 Å². The highest BCUT2D eigenvalue weighted by Gasteiger charge is 2.28. The van der Waals surface area contributed by atoms with Crippen LogP contribution in [0.1, 0.15) is 194 Å². The summed E-state index contributed by atoms with van der Waals surface area (Å²) in [6.45, 7) is 2.76. The quantitative estimate of drug-likeness (QED) is 0.0235. The summed E-state index contributed by atoms with van der Waals surface area (Å²) in [5.41, 5.74) is 5.32. The average Bonchev–Trinajstić information content (AvgIpc) is 3.12. The number of carbonyl (C=O) groups excluding carboxylic acids is 2. The molecule has 0 saturated carbocycles. The molecule has 0 aromatic carbocycles. The maximum Gasteiger partial charge on any atom is 0.472 e. The lowest BCUT2D eigenvalue weighted by Gasteiger charge is -2.20. The normalized spacial score (nSPS) is 13.9. The van der Waals surface area contributed by atoms with E-state index in [2.05, 4.69) is 30.5 Å². The Bertz CT molecular complexity index is 947. The maximum atomic E-state index is 12.5. The highest BCUT2D eigenvalue weighted by molar-refractivity contribution is 7.47. The second-order valence-corrected chi connectivity index (χ2v) is 15.6. The van der Waals surface area contributed by atoms with Gasteiger partial charge in [0.15, 0.2) is 6.10 Å². The summed E-state index contributed by atoms with van der Waals surface area (Å²) in [4.78, 5) is 45.8. The van der Waals surface area contributed by atoms with E-state index in [1.165, 1.54) is 96.3 Å². The van der Waals surface area contributed by atoms with Crippen molar-refractivity contribution in [2.45, 2.75) is 206 Å². The number of hydrogen-bond acceptors (Lipinski definition) is 9. The Morgan fingerprint density at radius 1 is 0.577 bits per heavy atom. The number of phosphoric ester groups is 1. The monoisotopic (exact) mass is 762 g/mol. The molecule has 3 atom stereocenters. The van der Waals surface area contributed by atoms with E-state index in [1.807, 2.05) is 0 Å². The number of carbonyl (C=O) groups is 3. The number of phosphoric acid groups is 1. The molecule has 3 unspecified atom stereocenters. The molecule has 0 aliphatic carbocycles. The first-order valence-corrected chi connectivity index (χ1v) is 22.2. The van der Waals surface area contributed by atoms with Crippen molar-refractivity contribution in [3.05, 3.63) is 12.2 Å². The van der Waals surface area contributed by atoms with Gasteiger partial charge in [-0.25, -0.2) is 4.57 Å². The van der Waals surface area contributed by atoms with Crippen molar-refractivity contribution in [3.63, 3.8) is 0 Å². The number of rotatable bonds is 39. The number of aliphatic carboxylic acids is 1. The van der Waals surface area contributed by atoms with Gasteiger partial charge < -0.3 is 25.2 Å². The first kappa shape index (κ1) is 50.2. The van der Waals surface area contributed by atoms with Crippen LogP contribution in [0.25, 0.3) is 0 Å². The van der Waals surface area contributed by atoms with Gasteiger partial charge in [-0.15, -0.1) is 0 Å². The van der Waals surface area contributed by atoms with Crippen LogP contribution in [0, 0.1) is 0 Å². The average molecular weight is 762 g/mol. The molecule has 306 valence electrons. The van der Waals surface area contributed by atoms with Crippen LogP contribution >= 0.6 is 7.82 Å². The predicted octanol–water partition coefficient (Wildman–Crippen LogP) is 10.5. The van der Waals surface area contributed by atoms with Gasteiger partial charge in [-0.2, -0.15) is 0 Å². The van der Waals surface area contributed by atoms with E-state index >= 15 is 0 Å². The molecule has 0 heterocycles. The van der Waals surface area contributed by atoms with Crippen molar-refractivity contribution in [1.29, 1.82) is 0 Å². The fraction of sp³-hybridized carbons (Fsp3) is 0.875. The topological polar surface area (TPSA) is 172 Å². The van der Waals surface area contributed by atoms with Crippen molar-refractivity contribution >= 4 is 25.7 Å². The fourth-order valence-corrected chi connectivity index (χ4v) is 6.47. The minimum Gasteiger partial charge on any atom is -0.480 e. The molecule has 4 N–H and O–H groups in total. The number of allylic oxidation sites excluding steroid dienone is 2. The summed E-state index contributed by atoms with van der Waals surface area (Å²) in [7, 11) is -4.71. The molecule has 12 heteroatoms. The number of ether oxygens (including phenoxy) is 2. The zero-order valence-corrected chi connectivity index (χ0v) is 33.8. The molecule has 0 fully saturated rings. The minimum absolute atomic E-state index is 0.154.